The van der Waals surface area contributed by atoms with Crippen LogP contribution in [0.25, 0.3) is 0 Å². The van der Waals surface area contributed by atoms with Gasteiger partial charge in [0.1, 0.15) is 5.75 Å². The van der Waals surface area contributed by atoms with Crippen molar-refractivity contribution in [1.29, 1.82) is 0 Å². The number of carbonyl (C=O) groups is 1. The summed E-state index contributed by atoms with van der Waals surface area (Å²) in [4.78, 5) is 12.1. The smallest absolute Gasteiger partial charge is 0.271 e. The number of benzene rings is 2. The number of rotatable bonds is 7. The predicted octanol–water partition coefficient (Wildman–Crippen LogP) is 3.01. The fourth-order valence-electron chi connectivity index (χ4n) is 1.97. The van der Waals surface area contributed by atoms with Crippen molar-refractivity contribution in [2.24, 2.45) is 5.10 Å². The van der Waals surface area contributed by atoms with Crippen LogP contribution in [0.3, 0.4) is 0 Å². The van der Waals surface area contributed by atoms with Crippen LogP contribution in [0.15, 0.2) is 58.5 Å². The van der Waals surface area contributed by atoms with Gasteiger partial charge in [-0.2, -0.15) is 5.10 Å². The average Bonchev–Trinajstić information content (AvgIpc) is 2.66. The summed E-state index contributed by atoms with van der Waals surface area (Å²) in [7, 11) is -2.30. The van der Waals surface area contributed by atoms with E-state index in [9.17, 15) is 13.2 Å². The molecule has 0 unspecified atom stereocenters. The van der Waals surface area contributed by atoms with Crippen LogP contribution in [0.4, 0.5) is 5.69 Å². The Morgan fingerprint density at radius 2 is 1.85 bits per heavy atom. The van der Waals surface area contributed by atoms with E-state index >= 15 is 0 Å². The molecule has 2 aromatic carbocycles. The summed E-state index contributed by atoms with van der Waals surface area (Å²) in [5.74, 6) is 0.147. The third kappa shape index (κ3) is 5.06. The van der Waals surface area contributed by atoms with Gasteiger partial charge in [-0.05, 0) is 55.8 Å². The zero-order valence-corrected chi connectivity index (χ0v) is 15.6. The van der Waals surface area contributed by atoms with Gasteiger partial charge in [-0.25, -0.2) is 13.8 Å². The van der Waals surface area contributed by atoms with Crippen LogP contribution >= 0.6 is 0 Å². The molecule has 2 aromatic rings. The van der Waals surface area contributed by atoms with Gasteiger partial charge in [0.2, 0.25) is 0 Å². The van der Waals surface area contributed by atoms with E-state index < -0.39 is 15.9 Å². The molecule has 0 aliphatic rings. The lowest BCUT2D eigenvalue weighted by Crippen LogP contribution is -2.20. The molecule has 0 saturated carbocycles. The van der Waals surface area contributed by atoms with E-state index in [0.717, 1.165) is 5.71 Å². The molecule has 8 heteroatoms. The third-order valence-corrected chi connectivity index (χ3v) is 4.99. The highest BCUT2D eigenvalue weighted by Crippen LogP contribution is 2.20. The first-order chi connectivity index (χ1) is 12.4. The van der Waals surface area contributed by atoms with Gasteiger partial charge in [-0.1, -0.05) is 13.0 Å². The summed E-state index contributed by atoms with van der Waals surface area (Å²) in [6.07, 6.45) is 0.709. The molecular formula is C18H21N3O4S. The van der Waals surface area contributed by atoms with Crippen molar-refractivity contribution in [3.05, 3.63) is 54.1 Å². The molecule has 0 radical (unpaired) electrons. The van der Waals surface area contributed by atoms with Crippen molar-refractivity contribution in [2.75, 3.05) is 11.8 Å². The molecule has 0 fully saturated rings. The Bertz CT molecular complexity index is 906. The van der Waals surface area contributed by atoms with Gasteiger partial charge < -0.3 is 4.74 Å². The predicted molar refractivity (Wildman–Crippen MR) is 101 cm³/mol. The number of carbonyl (C=O) groups excluding carboxylic acids is 1. The first kappa shape index (κ1) is 19.5. The number of nitrogens with one attached hydrogen (secondary N) is 2. The molecule has 0 bridgehead atoms. The molecule has 0 aliphatic carbocycles. The molecule has 7 nitrogen and oxygen atoms in total. The number of hydrazone groups is 1. The topological polar surface area (TPSA) is 96.9 Å². The van der Waals surface area contributed by atoms with Crippen molar-refractivity contribution in [3.8, 4) is 5.75 Å². The van der Waals surface area contributed by atoms with E-state index in [-0.39, 0.29) is 10.5 Å². The Labute approximate surface area is 153 Å². The summed E-state index contributed by atoms with van der Waals surface area (Å²) < 4.78 is 32.6. The zero-order valence-electron chi connectivity index (χ0n) is 14.8. The molecule has 1 amide bonds. The van der Waals surface area contributed by atoms with Gasteiger partial charge in [-0.3, -0.25) is 9.52 Å². The molecule has 2 N–H and O–H groups in total. The Balaban J connectivity index is 2.20. The molecule has 0 heterocycles. The second kappa shape index (κ2) is 8.48. The number of sulfonamides is 1. The van der Waals surface area contributed by atoms with Crippen LogP contribution in [0.2, 0.25) is 0 Å². The average molecular weight is 375 g/mol. The summed E-state index contributed by atoms with van der Waals surface area (Å²) in [6, 6.07) is 12.2. The number of ether oxygens (including phenoxy) is 1. The maximum absolute atomic E-state index is 12.5. The number of methoxy groups -OCH3 is 1. The summed E-state index contributed by atoms with van der Waals surface area (Å²) in [5.41, 5.74) is 3.77. The fourth-order valence-corrected chi connectivity index (χ4v) is 3.07. The minimum atomic E-state index is -3.83. The summed E-state index contributed by atoms with van der Waals surface area (Å²) >= 11 is 0. The van der Waals surface area contributed by atoms with E-state index in [1.807, 2.05) is 6.92 Å². The van der Waals surface area contributed by atoms with Gasteiger partial charge in [0.25, 0.3) is 15.9 Å². The quantitative estimate of drug-likeness (QED) is 0.574. The normalized spacial score (nSPS) is 11.7. The minimum absolute atomic E-state index is 0.0165. The molecule has 2 rings (SSSR count). The van der Waals surface area contributed by atoms with Gasteiger partial charge in [0.05, 0.1) is 12.0 Å². The lowest BCUT2D eigenvalue weighted by molar-refractivity contribution is 0.0954. The number of hydrogen-bond acceptors (Lipinski definition) is 5. The SMILES string of the molecule is CC/C(C)=N\NC(=O)c1cccc(S(=O)(=O)Nc2ccc(OC)cc2)c1. The van der Waals surface area contributed by atoms with E-state index in [1.165, 1.54) is 31.4 Å². The third-order valence-electron chi connectivity index (χ3n) is 3.61. The molecule has 0 aliphatic heterocycles. The number of anilines is 1. The van der Waals surface area contributed by atoms with Crippen molar-refractivity contribution >= 4 is 27.3 Å². The Kier molecular flexibility index (Phi) is 6.35. The van der Waals surface area contributed by atoms with Gasteiger partial charge in [0, 0.05) is 17.0 Å². The summed E-state index contributed by atoms with van der Waals surface area (Å²) in [5, 5.41) is 3.94. The van der Waals surface area contributed by atoms with Gasteiger partial charge in [-0.15, -0.1) is 0 Å². The zero-order chi connectivity index (χ0) is 19.2. The monoisotopic (exact) mass is 375 g/mol. The lowest BCUT2D eigenvalue weighted by atomic mass is 10.2. The number of nitrogens with zero attached hydrogens (tertiary/aromatic N) is 1. The van der Waals surface area contributed by atoms with Crippen molar-refractivity contribution in [1.82, 2.24) is 5.43 Å². The molecule has 0 atom stereocenters. The highest BCUT2D eigenvalue weighted by atomic mass is 32.2. The number of amides is 1. The first-order valence-electron chi connectivity index (χ1n) is 7.96. The van der Waals surface area contributed by atoms with Crippen LogP contribution in [0.1, 0.15) is 30.6 Å². The van der Waals surface area contributed by atoms with Crippen LogP contribution in [-0.4, -0.2) is 27.1 Å². The first-order valence-corrected chi connectivity index (χ1v) is 9.44. The highest BCUT2D eigenvalue weighted by Gasteiger charge is 2.16. The maximum Gasteiger partial charge on any atom is 0.271 e. The van der Waals surface area contributed by atoms with Crippen LogP contribution < -0.4 is 14.9 Å². The maximum atomic E-state index is 12.5. The largest absolute Gasteiger partial charge is 0.497 e. The van der Waals surface area contributed by atoms with Gasteiger partial charge in [0.15, 0.2) is 0 Å². The number of hydrogen-bond donors (Lipinski definition) is 2. The molecule has 0 aromatic heterocycles. The van der Waals surface area contributed by atoms with E-state index in [2.05, 4.69) is 15.2 Å². The molecule has 0 spiro atoms. The second-order valence-corrected chi connectivity index (χ2v) is 7.19. The van der Waals surface area contributed by atoms with E-state index in [0.29, 0.717) is 17.9 Å². The van der Waals surface area contributed by atoms with Crippen molar-refractivity contribution in [2.45, 2.75) is 25.2 Å². The summed E-state index contributed by atoms with van der Waals surface area (Å²) in [6.45, 7) is 3.71. The molecular weight excluding hydrogens is 354 g/mol. The fraction of sp³-hybridized carbons (Fsp3) is 0.222. The van der Waals surface area contributed by atoms with Crippen molar-refractivity contribution in [3.63, 3.8) is 0 Å². The molecule has 26 heavy (non-hydrogen) atoms. The van der Waals surface area contributed by atoms with Crippen LogP contribution in [-0.2, 0) is 10.0 Å². The highest BCUT2D eigenvalue weighted by molar-refractivity contribution is 7.92. The van der Waals surface area contributed by atoms with Crippen LogP contribution in [0, 0.1) is 0 Å². The molecule has 0 saturated heterocycles. The Morgan fingerprint density at radius 3 is 2.46 bits per heavy atom. The standard InChI is InChI=1S/C18H21N3O4S/c1-4-13(2)19-20-18(22)14-6-5-7-17(12-14)26(23,24)21-15-8-10-16(25-3)11-9-15/h5-12,21H,4H2,1-3H3,(H,20,22)/b19-13-. The Hall–Kier alpha value is -2.87. The Morgan fingerprint density at radius 1 is 1.15 bits per heavy atom. The van der Waals surface area contributed by atoms with E-state index in [1.54, 1.807) is 31.2 Å². The van der Waals surface area contributed by atoms with Crippen LogP contribution in [0.5, 0.6) is 5.75 Å². The molecule has 138 valence electrons. The van der Waals surface area contributed by atoms with Crippen molar-refractivity contribution < 1.29 is 17.9 Å². The van der Waals surface area contributed by atoms with Gasteiger partial charge >= 0.3 is 0 Å². The van der Waals surface area contributed by atoms with E-state index in [4.69, 9.17) is 4.74 Å². The second-order valence-electron chi connectivity index (χ2n) is 5.50. The minimum Gasteiger partial charge on any atom is -0.497 e. The lowest BCUT2D eigenvalue weighted by Gasteiger charge is -2.10.